The van der Waals surface area contributed by atoms with Gasteiger partial charge in [0.25, 0.3) is 0 Å². The summed E-state index contributed by atoms with van der Waals surface area (Å²) in [6, 6.07) is 3.35. The summed E-state index contributed by atoms with van der Waals surface area (Å²) in [5.41, 5.74) is 0.310. The van der Waals surface area contributed by atoms with Crippen LogP contribution in [0.15, 0.2) is 18.2 Å². The number of benzene rings is 1. The predicted molar refractivity (Wildman–Crippen MR) is 65.0 cm³/mol. The monoisotopic (exact) mass is 254 g/mol. The van der Waals surface area contributed by atoms with Gasteiger partial charge in [-0.2, -0.15) is 0 Å². The third-order valence-corrected chi connectivity index (χ3v) is 2.21. The minimum absolute atomic E-state index is 0.116. The van der Waals surface area contributed by atoms with Gasteiger partial charge < -0.3 is 15.2 Å². The summed E-state index contributed by atoms with van der Waals surface area (Å²) in [7, 11) is 0. The summed E-state index contributed by atoms with van der Waals surface area (Å²) < 4.78 is 5.15. The van der Waals surface area contributed by atoms with Gasteiger partial charge in [0, 0.05) is 17.8 Å². The maximum absolute atomic E-state index is 10.7. The van der Waals surface area contributed by atoms with Crippen LogP contribution >= 0.6 is 0 Å². The number of hydrogen-bond donors (Lipinski definition) is 2. The second kappa shape index (κ2) is 5.85. The molecule has 1 aromatic rings. The lowest BCUT2D eigenvalue weighted by molar-refractivity contribution is -0.385. The molecule has 0 fully saturated rings. The normalized spacial score (nSPS) is 11.7. The number of carboxylic acid groups (broad SMARTS) is 1. The van der Waals surface area contributed by atoms with E-state index < -0.39 is 16.9 Å². The molecule has 0 aliphatic carbocycles. The third kappa shape index (κ3) is 3.34. The number of hydrogen-bond acceptors (Lipinski definition) is 5. The van der Waals surface area contributed by atoms with E-state index in [4.69, 9.17) is 9.84 Å². The molecule has 2 N–H and O–H groups in total. The minimum atomic E-state index is -1.01. The number of nitro groups is 1. The maximum Gasteiger partial charge on any atom is 0.325 e. The van der Waals surface area contributed by atoms with E-state index in [1.807, 2.05) is 0 Å². The standard InChI is InChI=1S/C11H14N2O5/c1-3-18-10-6-8(12-7(2)11(14)15)4-5-9(10)13(16)17/h4-7,12H,3H2,1-2H3,(H,14,15)/t7-/m0/s1. The molecule has 0 unspecified atom stereocenters. The predicted octanol–water partition coefficient (Wildman–Crippen LogP) is 1.88. The van der Waals surface area contributed by atoms with Crippen LogP contribution < -0.4 is 10.1 Å². The first kappa shape index (κ1) is 13.8. The van der Waals surface area contributed by atoms with E-state index in [0.717, 1.165) is 0 Å². The van der Waals surface area contributed by atoms with Crippen LogP contribution in [0.4, 0.5) is 11.4 Å². The zero-order valence-corrected chi connectivity index (χ0v) is 10.0. The van der Waals surface area contributed by atoms with Crippen molar-refractivity contribution in [3.05, 3.63) is 28.3 Å². The molecule has 0 aliphatic rings. The fraction of sp³-hybridized carbons (Fsp3) is 0.364. The minimum Gasteiger partial charge on any atom is -0.487 e. The quantitative estimate of drug-likeness (QED) is 0.593. The van der Waals surface area contributed by atoms with E-state index in [0.29, 0.717) is 12.3 Å². The average molecular weight is 254 g/mol. The first-order valence-corrected chi connectivity index (χ1v) is 5.36. The summed E-state index contributed by atoms with van der Waals surface area (Å²) in [6.45, 7) is 3.48. The number of nitrogens with one attached hydrogen (secondary N) is 1. The van der Waals surface area contributed by atoms with Crippen LogP contribution in [0.25, 0.3) is 0 Å². The van der Waals surface area contributed by atoms with Gasteiger partial charge in [-0.05, 0) is 19.9 Å². The number of carboxylic acids is 1. The van der Waals surface area contributed by atoms with E-state index in [-0.39, 0.29) is 11.4 Å². The molecule has 0 spiro atoms. The van der Waals surface area contributed by atoms with E-state index >= 15 is 0 Å². The molecular formula is C11H14N2O5. The molecule has 0 saturated heterocycles. The Morgan fingerprint density at radius 1 is 1.61 bits per heavy atom. The van der Waals surface area contributed by atoms with Crippen molar-refractivity contribution in [3.63, 3.8) is 0 Å². The topological polar surface area (TPSA) is 102 Å². The number of aliphatic carboxylic acids is 1. The molecule has 0 bridgehead atoms. The number of nitrogens with zero attached hydrogens (tertiary/aromatic N) is 1. The third-order valence-electron chi connectivity index (χ3n) is 2.21. The molecule has 0 heterocycles. The maximum atomic E-state index is 10.7. The Hall–Kier alpha value is -2.31. The largest absolute Gasteiger partial charge is 0.487 e. The first-order valence-electron chi connectivity index (χ1n) is 5.36. The van der Waals surface area contributed by atoms with Gasteiger partial charge in [0.1, 0.15) is 6.04 Å². The molecule has 0 aromatic heterocycles. The Kier molecular flexibility index (Phi) is 4.47. The highest BCUT2D eigenvalue weighted by molar-refractivity contribution is 5.77. The molecular weight excluding hydrogens is 240 g/mol. The van der Waals surface area contributed by atoms with Crippen molar-refractivity contribution < 1.29 is 19.6 Å². The lowest BCUT2D eigenvalue weighted by Gasteiger charge is -2.12. The van der Waals surface area contributed by atoms with Crippen molar-refractivity contribution in [1.29, 1.82) is 0 Å². The number of rotatable bonds is 6. The van der Waals surface area contributed by atoms with Crippen molar-refractivity contribution in [2.24, 2.45) is 0 Å². The van der Waals surface area contributed by atoms with Gasteiger partial charge in [-0.1, -0.05) is 0 Å². The molecule has 1 aromatic carbocycles. The van der Waals surface area contributed by atoms with Crippen molar-refractivity contribution >= 4 is 17.3 Å². The molecule has 0 aliphatic heterocycles. The van der Waals surface area contributed by atoms with Gasteiger partial charge in [0.05, 0.1) is 11.5 Å². The van der Waals surface area contributed by atoms with Crippen LogP contribution in [0, 0.1) is 10.1 Å². The second-order valence-corrected chi connectivity index (χ2v) is 3.58. The first-order chi connectivity index (χ1) is 8.45. The van der Waals surface area contributed by atoms with E-state index in [9.17, 15) is 14.9 Å². The fourth-order valence-electron chi connectivity index (χ4n) is 1.34. The van der Waals surface area contributed by atoms with Crippen LogP contribution in [0.3, 0.4) is 0 Å². The van der Waals surface area contributed by atoms with E-state index in [1.54, 1.807) is 6.92 Å². The Morgan fingerprint density at radius 3 is 2.78 bits per heavy atom. The van der Waals surface area contributed by atoms with Gasteiger partial charge in [-0.3, -0.25) is 14.9 Å². The SMILES string of the molecule is CCOc1cc(N[C@@H](C)C(=O)O)ccc1[N+](=O)[O-]. The van der Waals surface area contributed by atoms with Gasteiger partial charge in [0.2, 0.25) is 0 Å². The van der Waals surface area contributed by atoms with Gasteiger partial charge in [-0.15, -0.1) is 0 Å². The fourth-order valence-corrected chi connectivity index (χ4v) is 1.34. The van der Waals surface area contributed by atoms with Crippen molar-refractivity contribution in [2.75, 3.05) is 11.9 Å². The number of anilines is 1. The molecule has 18 heavy (non-hydrogen) atoms. The van der Waals surface area contributed by atoms with E-state index in [1.165, 1.54) is 25.1 Å². The number of nitro benzene ring substituents is 1. The van der Waals surface area contributed by atoms with Gasteiger partial charge in [-0.25, -0.2) is 0 Å². The highest BCUT2D eigenvalue weighted by Crippen LogP contribution is 2.30. The van der Waals surface area contributed by atoms with Crippen LogP contribution in [0.5, 0.6) is 5.75 Å². The van der Waals surface area contributed by atoms with Crippen LogP contribution in [-0.2, 0) is 4.79 Å². The molecule has 7 heteroatoms. The Labute approximate surface area is 104 Å². The molecule has 0 amide bonds. The van der Waals surface area contributed by atoms with Gasteiger partial charge in [0.15, 0.2) is 5.75 Å². The summed E-state index contributed by atoms with van der Waals surface area (Å²) >= 11 is 0. The number of carbonyl (C=O) groups is 1. The smallest absolute Gasteiger partial charge is 0.325 e. The van der Waals surface area contributed by atoms with Crippen molar-refractivity contribution in [3.8, 4) is 5.75 Å². The van der Waals surface area contributed by atoms with Crippen molar-refractivity contribution in [1.82, 2.24) is 0 Å². The Balaban J connectivity index is 2.99. The van der Waals surface area contributed by atoms with Crippen molar-refractivity contribution in [2.45, 2.75) is 19.9 Å². The Bertz CT molecular complexity index is 461. The lowest BCUT2D eigenvalue weighted by atomic mass is 10.2. The highest BCUT2D eigenvalue weighted by Gasteiger charge is 2.17. The molecule has 0 saturated carbocycles. The lowest BCUT2D eigenvalue weighted by Crippen LogP contribution is -2.25. The zero-order chi connectivity index (χ0) is 13.7. The molecule has 98 valence electrons. The summed E-state index contributed by atoms with van der Waals surface area (Å²) in [4.78, 5) is 20.9. The van der Waals surface area contributed by atoms with Gasteiger partial charge >= 0.3 is 11.7 Å². The summed E-state index contributed by atoms with van der Waals surface area (Å²) in [5, 5.41) is 22.2. The molecule has 1 rings (SSSR count). The molecule has 0 radical (unpaired) electrons. The second-order valence-electron chi connectivity index (χ2n) is 3.58. The Morgan fingerprint density at radius 2 is 2.28 bits per heavy atom. The average Bonchev–Trinajstić information content (AvgIpc) is 2.29. The highest BCUT2D eigenvalue weighted by atomic mass is 16.6. The van der Waals surface area contributed by atoms with Crippen LogP contribution in [0.1, 0.15) is 13.8 Å². The van der Waals surface area contributed by atoms with Crippen LogP contribution in [-0.4, -0.2) is 28.6 Å². The number of ether oxygens (including phenoxy) is 1. The zero-order valence-electron chi connectivity index (χ0n) is 10.0. The summed E-state index contributed by atoms with van der Waals surface area (Å²) in [5.74, 6) is -0.892. The molecule has 7 nitrogen and oxygen atoms in total. The van der Waals surface area contributed by atoms with Crippen LogP contribution in [0.2, 0.25) is 0 Å². The molecule has 1 atom stereocenters. The van der Waals surface area contributed by atoms with E-state index in [2.05, 4.69) is 5.32 Å². The summed E-state index contributed by atoms with van der Waals surface area (Å²) in [6.07, 6.45) is 0.